The average Bonchev–Trinajstić information content (AvgIpc) is 2.74. The molecule has 0 atom stereocenters. The summed E-state index contributed by atoms with van der Waals surface area (Å²) >= 11 is 0. The molecule has 0 radical (unpaired) electrons. The molecule has 30 heavy (non-hydrogen) atoms. The van der Waals surface area contributed by atoms with Crippen LogP contribution in [0.2, 0.25) is 0 Å². The Balaban J connectivity index is 0. The molecular formula is C27H60BrNP+. The van der Waals surface area contributed by atoms with E-state index in [2.05, 4.69) is 20.8 Å². The number of rotatable bonds is 24. The van der Waals surface area contributed by atoms with E-state index in [1.807, 2.05) is 0 Å². The molecule has 184 valence electrons. The van der Waals surface area contributed by atoms with Gasteiger partial charge in [0, 0.05) is 7.26 Å². The van der Waals surface area contributed by atoms with Crippen molar-refractivity contribution in [2.24, 2.45) is 5.73 Å². The molecule has 0 bridgehead atoms. The first-order chi connectivity index (χ1) is 14.2. The van der Waals surface area contributed by atoms with Gasteiger partial charge in [0.25, 0.3) is 0 Å². The normalized spacial score (nSPS) is 11.6. The second-order valence-corrected chi connectivity index (χ2v) is 14.2. The maximum atomic E-state index is 5.98. The van der Waals surface area contributed by atoms with Crippen molar-refractivity contribution >= 4 is 24.2 Å². The van der Waals surface area contributed by atoms with Gasteiger partial charge >= 0.3 is 0 Å². The predicted molar refractivity (Wildman–Crippen MR) is 151 cm³/mol. The summed E-state index contributed by atoms with van der Waals surface area (Å²) in [5, 5.41) is 0. The summed E-state index contributed by atoms with van der Waals surface area (Å²) in [4.78, 5) is 0. The van der Waals surface area contributed by atoms with E-state index in [4.69, 9.17) is 5.73 Å². The molecule has 0 saturated heterocycles. The van der Waals surface area contributed by atoms with Crippen LogP contribution in [0.4, 0.5) is 0 Å². The van der Waals surface area contributed by atoms with Crippen molar-refractivity contribution in [3.63, 3.8) is 0 Å². The van der Waals surface area contributed by atoms with Crippen molar-refractivity contribution in [1.29, 1.82) is 0 Å². The van der Waals surface area contributed by atoms with E-state index in [1.54, 1.807) is 18.5 Å². The molecule has 0 fully saturated rings. The molecule has 0 heterocycles. The van der Waals surface area contributed by atoms with Crippen molar-refractivity contribution in [2.45, 2.75) is 143 Å². The molecule has 0 amide bonds. The number of unbranched alkanes of at least 4 members (excludes halogenated alkanes) is 15. The van der Waals surface area contributed by atoms with Gasteiger partial charge in [-0.3, -0.25) is 0 Å². The molecule has 0 unspecified atom stereocenters. The van der Waals surface area contributed by atoms with E-state index in [1.165, 1.54) is 128 Å². The second kappa shape index (κ2) is 26.1. The Kier molecular flexibility index (Phi) is 28.8. The molecule has 0 aromatic carbocycles. The maximum Gasteiger partial charge on any atom is 0.0606 e. The molecule has 0 spiro atoms. The zero-order chi connectivity index (χ0) is 21.5. The molecule has 0 aromatic heterocycles. The minimum Gasteiger partial charge on any atom is -0.330 e. The van der Waals surface area contributed by atoms with Crippen molar-refractivity contribution < 1.29 is 0 Å². The third-order valence-corrected chi connectivity index (χ3v) is 11.9. The van der Waals surface area contributed by atoms with Gasteiger partial charge in [-0.05, 0) is 51.5 Å². The summed E-state index contributed by atoms with van der Waals surface area (Å²) in [7, 11) is -0.759. The van der Waals surface area contributed by atoms with Gasteiger partial charge in [-0.1, -0.05) is 97.8 Å². The Morgan fingerprint density at radius 2 is 0.667 bits per heavy atom. The molecule has 0 aromatic rings. The number of hydrogen-bond acceptors (Lipinski definition) is 1. The Morgan fingerprint density at radius 1 is 0.400 bits per heavy atom. The van der Waals surface area contributed by atoms with E-state index in [0.717, 1.165) is 6.54 Å². The van der Waals surface area contributed by atoms with Gasteiger partial charge in [-0.15, -0.1) is 17.0 Å². The van der Waals surface area contributed by atoms with Gasteiger partial charge in [0.05, 0.1) is 24.6 Å². The highest BCUT2D eigenvalue weighted by molar-refractivity contribution is 8.93. The van der Waals surface area contributed by atoms with E-state index in [-0.39, 0.29) is 17.0 Å². The van der Waals surface area contributed by atoms with E-state index >= 15 is 0 Å². The van der Waals surface area contributed by atoms with Crippen molar-refractivity contribution in [2.75, 3.05) is 31.2 Å². The maximum absolute atomic E-state index is 5.98. The van der Waals surface area contributed by atoms with Crippen molar-refractivity contribution in [1.82, 2.24) is 0 Å². The Morgan fingerprint density at radius 3 is 0.967 bits per heavy atom. The largest absolute Gasteiger partial charge is 0.330 e. The van der Waals surface area contributed by atoms with Crippen LogP contribution >= 0.6 is 24.2 Å². The van der Waals surface area contributed by atoms with Crippen LogP contribution in [0, 0.1) is 0 Å². The Bertz CT molecular complexity index is 270. The van der Waals surface area contributed by atoms with Gasteiger partial charge in [0.2, 0.25) is 0 Å². The number of hydrogen-bond donors (Lipinski definition) is 1. The monoisotopic (exact) mass is 508 g/mol. The highest BCUT2D eigenvalue weighted by atomic mass is 79.9. The Labute approximate surface area is 203 Å². The van der Waals surface area contributed by atoms with Crippen LogP contribution < -0.4 is 5.73 Å². The summed E-state index contributed by atoms with van der Waals surface area (Å²) in [6.45, 7) is 7.88. The van der Waals surface area contributed by atoms with Gasteiger partial charge < -0.3 is 5.73 Å². The second-order valence-electron chi connectivity index (χ2n) is 9.68. The zero-order valence-electron chi connectivity index (χ0n) is 21.4. The predicted octanol–water partition coefficient (Wildman–Crippen LogP) is 10.0. The topological polar surface area (TPSA) is 26.0 Å². The van der Waals surface area contributed by atoms with E-state index in [0.29, 0.717) is 0 Å². The molecule has 2 N–H and O–H groups in total. The molecule has 0 rings (SSSR count). The summed E-state index contributed by atoms with van der Waals surface area (Å²) in [6, 6.07) is 0. The lowest BCUT2D eigenvalue weighted by Crippen LogP contribution is -2.15. The van der Waals surface area contributed by atoms with E-state index in [9.17, 15) is 0 Å². The minimum atomic E-state index is -0.759. The van der Waals surface area contributed by atoms with Crippen LogP contribution in [0.3, 0.4) is 0 Å². The fraction of sp³-hybridized carbons (Fsp3) is 1.00. The quantitative estimate of drug-likeness (QED) is 0.102. The SMILES string of the molecule is Br.CCCCCCCC[P+](CCCN)(CCCCCCCC)CCCCCCCC. The van der Waals surface area contributed by atoms with Gasteiger partial charge in [0.15, 0.2) is 0 Å². The van der Waals surface area contributed by atoms with Gasteiger partial charge in [-0.25, -0.2) is 0 Å². The lowest BCUT2D eigenvalue weighted by molar-refractivity contribution is 0.615. The molecule has 3 heteroatoms. The summed E-state index contributed by atoms with van der Waals surface area (Å²) < 4.78 is 0. The molecular weight excluding hydrogens is 449 g/mol. The molecule has 0 saturated carbocycles. The molecule has 0 aliphatic carbocycles. The van der Waals surface area contributed by atoms with Crippen LogP contribution in [-0.4, -0.2) is 31.2 Å². The lowest BCUT2D eigenvalue weighted by Gasteiger charge is -2.28. The van der Waals surface area contributed by atoms with E-state index < -0.39 is 7.26 Å². The van der Waals surface area contributed by atoms with Crippen LogP contribution in [0.5, 0.6) is 0 Å². The molecule has 0 aliphatic heterocycles. The van der Waals surface area contributed by atoms with Gasteiger partial charge in [0.1, 0.15) is 0 Å². The number of halogens is 1. The summed E-state index contributed by atoms with van der Waals surface area (Å²) in [5.41, 5.74) is 5.98. The first-order valence-electron chi connectivity index (χ1n) is 13.8. The van der Waals surface area contributed by atoms with Crippen LogP contribution in [0.1, 0.15) is 143 Å². The van der Waals surface area contributed by atoms with Crippen molar-refractivity contribution in [3.8, 4) is 0 Å². The van der Waals surface area contributed by atoms with Crippen LogP contribution in [-0.2, 0) is 0 Å². The fourth-order valence-electron chi connectivity index (χ4n) is 4.78. The smallest absolute Gasteiger partial charge is 0.0606 e. The summed E-state index contributed by atoms with van der Waals surface area (Å²) in [5.74, 6) is 0. The highest BCUT2D eigenvalue weighted by Crippen LogP contribution is 2.61. The summed E-state index contributed by atoms with van der Waals surface area (Å²) in [6.07, 6.45) is 33.7. The third kappa shape index (κ3) is 20.8. The minimum absolute atomic E-state index is 0. The third-order valence-electron chi connectivity index (χ3n) is 6.79. The first-order valence-corrected chi connectivity index (χ1v) is 16.3. The fourth-order valence-corrected chi connectivity index (χ4v) is 9.66. The zero-order valence-corrected chi connectivity index (χ0v) is 24.0. The highest BCUT2D eigenvalue weighted by Gasteiger charge is 2.34. The Hall–Kier alpha value is 0.870. The van der Waals surface area contributed by atoms with Crippen molar-refractivity contribution in [3.05, 3.63) is 0 Å². The van der Waals surface area contributed by atoms with Crippen LogP contribution in [0.15, 0.2) is 0 Å². The number of nitrogens with two attached hydrogens (primary N) is 1. The lowest BCUT2D eigenvalue weighted by atomic mass is 10.1. The molecule has 0 aliphatic rings. The van der Waals surface area contributed by atoms with Gasteiger partial charge in [-0.2, -0.15) is 0 Å². The van der Waals surface area contributed by atoms with Crippen LogP contribution in [0.25, 0.3) is 0 Å². The molecule has 1 nitrogen and oxygen atoms in total. The first kappa shape index (κ1) is 33.0. The standard InChI is InChI=1S/C27H59NP.BrH/c1-4-7-10-13-16-19-24-29(27-22-23-28,25-20-17-14-11-8-5-2)26-21-18-15-12-9-6-3;/h4-28H2,1-3H3;1H/q+1;. The average molecular weight is 510 g/mol.